The molecule has 0 unspecified atom stereocenters. The zero-order valence-electron chi connectivity index (χ0n) is 22.7. The highest BCUT2D eigenvalue weighted by molar-refractivity contribution is 7.88. The van der Waals surface area contributed by atoms with Crippen molar-refractivity contribution in [3.05, 3.63) is 103 Å². The fourth-order valence-electron chi connectivity index (χ4n) is 5.10. The summed E-state index contributed by atoms with van der Waals surface area (Å²) >= 11 is 0. The zero-order chi connectivity index (χ0) is 33.3. The number of hydrogen-bond acceptors (Lipinski definition) is 4. The Morgan fingerprint density at radius 1 is 0.630 bits per heavy atom. The number of benzene rings is 4. The number of rotatable bonds is 7. The summed E-state index contributed by atoms with van der Waals surface area (Å²) in [7, 11) is -7.24. The van der Waals surface area contributed by atoms with E-state index < -0.39 is 44.7 Å². The van der Waals surface area contributed by atoms with Crippen LogP contribution in [0.25, 0.3) is 49.5 Å². The van der Waals surface area contributed by atoms with E-state index in [1.54, 1.807) is 12.1 Å². The van der Waals surface area contributed by atoms with Gasteiger partial charge in [0.05, 0.1) is 11.0 Å². The number of pyridine rings is 1. The van der Waals surface area contributed by atoms with E-state index in [1.165, 1.54) is 36.4 Å². The van der Waals surface area contributed by atoms with Crippen LogP contribution >= 0.6 is 0 Å². The third-order valence-electron chi connectivity index (χ3n) is 7.37. The highest BCUT2D eigenvalue weighted by atomic mass is 32.2. The van der Waals surface area contributed by atoms with Crippen molar-refractivity contribution in [2.45, 2.75) is 23.3 Å². The van der Waals surface area contributed by atoms with Crippen LogP contribution < -0.4 is 4.18 Å². The maximum atomic E-state index is 14.6. The lowest BCUT2D eigenvalue weighted by atomic mass is 10.0. The van der Waals surface area contributed by atoms with E-state index in [1.807, 2.05) is 53.1 Å². The molecular formula is C31H17F9N2O3S. The number of hydrogen-bond donors (Lipinski definition) is 0. The molecule has 238 valence electrons. The topological polar surface area (TPSA) is 61.2 Å². The molecule has 0 saturated carbocycles. The van der Waals surface area contributed by atoms with Gasteiger partial charge in [-0.05, 0) is 42.0 Å². The molecule has 4 aromatic carbocycles. The summed E-state index contributed by atoms with van der Waals surface area (Å²) in [5, 5.41) is -5.11. The van der Waals surface area contributed by atoms with Gasteiger partial charge in [0.2, 0.25) is 0 Å². The summed E-state index contributed by atoms with van der Waals surface area (Å²) < 4.78 is 154. The Bertz CT molecular complexity index is 2180. The van der Waals surface area contributed by atoms with Crippen molar-refractivity contribution in [3.8, 4) is 22.6 Å². The molecule has 6 aromatic rings. The fourth-order valence-corrected chi connectivity index (χ4v) is 6.04. The minimum absolute atomic E-state index is 0.0500. The first-order valence-corrected chi connectivity index (χ1v) is 14.5. The van der Waals surface area contributed by atoms with Gasteiger partial charge in [0.15, 0.2) is 5.75 Å². The Kier molecular flexibility index (Phi) is 7.03. The molecule has 0 saturated heterocycles. The van der Waals surface area contributed by atoms with Gasteiger partial charge in [0.25, 0.3) is 0 Å². The highest BCUT2D eigenvalue weighted by Gasteiger charge is 2.86. The minimum Gasteiger partial charge on any atom is -0.375 e. The first-order valence-electron chi connectivity index (χ1n) is 13.1. The summed E-state index contributed by atoms with van der Waals surface area (Å²) in [6, 6.07) is 26.3. The maximum Gasteiger partial charge on any atom is 0.460 e. The zero-order valence-corrected chi connectivity index (χ0v) is 23.6. The average molecular weight is 669 g/mol. The third-order valence-corrected chi connectivity index (χ3v) is 8.64. The van der Waals surface area contributed by atoms with E-state index in [2.05, 4.69) is 9.17 Å². The normalized spacial score (nSPS) is 13.5. The van der Waals surface area contributed by atoms with E-state index in [0.29, 0.717) is 5.69 Å². The van der Waals surface area contributed by atoms with Crippen molar-refractivity contribution in [2.24, 2.45) is 0 Å². The van der Waals surface area contributed by atoms with Crippen molar-refractivity contribution in [3.63, 3.8) is 0 Å². The number of nitrogens with zero attached hydrogens (tertiary/aromatic N) is 2. The van der Waals surface area contributed by atoms with E-state index in [-0.39, 0.29) is 16.5 Å². The summed E-state index contributed by atoms with van der Waals surface area (Å²) in [5.74, 6) is -16.0. The number of halogens is 9. The third kappa shape index (κ3) is 4.55. The molecule has 0 aliphatic rings. The molecule has 5 nitrogen and oxygen atoms in total. The van der Waals surface area contributed by atoms with Crippen LogP contribution in [0.15, 0.2) is 103 Å². The molecule has 0 aliphatic carbocycles. The van der Waals surface area contributed by atoms with E-state index >= 15 is 0 Å². The van der Waals surface area contributed by atoms with Crippen molar-refractivity contribution >= 4 is 42.8 Å². The Morgan fingerprint density at radius 2 is 1.20 bits per heavy atom. The minimum atomic E-state index is -7.46. The first-order chi connectivity index (χ1) is 21.5. The average Bonchev–Trinajstić information content (AvgIpc) is 3.35. The summed E-state index contributed by atoms with van der Waals surface area (Å²) in [5.41, 5.74) is 1.57. The van der Waals surface area contributed by atoms with Gasteiger partial charge >= 0.3 is 33.4 Å². The first kappa shape index (κ1) is 31.2. The number of alkyl halides is 9. The van der Waals surface area contributed by atoms with Crippen LogP contribution in [0.5, 0.6) is 5.75 Å². The van der Waals surface area contributed by atoms with Crippen molar-refractivity contribution in [2.75, 3.05) is 0 Å². The van der Waals surface area contributed by atoms with Gasteiger partial charge in [-0.15, -0.1) is 0 Å². The molecule has 15 heteroatoms. The number of aromatic nitrogens is 2. The molecule has 0 bridgehead atoms. The van der Waals surface area contributed by atoms with Gasteiger partial charge < -0.3 is 8.75 Å². The summed E-state index contributed by atoms with van der Waals surface area (Å²) in [4.78, 5) is 3.86. The second-order valence-electron chi connectivity index (χ2n) is 10.1. The van der Waals surface area contributed by atoms with Crippen LogP contribution in [0, 0.1) is 0 Å². The van der Waals surface area contributed by atoms with Crippen LogP contribution in [0.4, 0.5) is 39.5 Å². The van der Waals surface area contributed by atoms with E-state index in [9.17, 15) is 47.9 Å². The molecule has 0 radical (unpaired) electrons. The highest BCUT2D eigenvalue weighted by Crippen LogP contribution is 2.55. The SMILES string of the molecule is O=S(=O)(Oc1c(-c2ccc(-n3c4ccccc4c4ccccc43)cc2)ccc2cccnc12)C(F)(F)C(F)(F)C(F)(F)C(F)(F)F. The Labute approximate surface area is 253 Å². The lowest BCUT2D eigenvalue weighted by Crippen LogP contribution is -2.63. The molecule has 46 heavy (non-hydrogen) atoms. The quantitative estimate of drug-likeness (QED) is 0.126. The fraction of sp³-hybridized carbons (Fsp3) is 0.129. The second kappa shape index (κ2) is 10.4. The molecule has 0 fully saturated rings. The molecule has 6 rings (SSSR count). The molecule has 0 amide bonds. The summed E-state index contributed by atoms with van der Waals surface area (Å²) in [6.07, 6.45) is -6.15. The standard InChI is InChI=1S/C31H17F9N2O3S/c32-28(33,30(36,37)38)29(34,35)31(39,40)46(43,44)45-27-21(16-13-19-6-5-17-41-26(19)27)18-11-14-20(15-12-18)42-24-9-3-1-7-22(24)23-8-2-4-10-25(23)42/h1-17H. The Hall–Kier alpha value is -4.79. The Morgan fingerprint density at radius 3 is 1.76 bits per heavy atom. The lowest BCUT2D eigenvalue weighted by molar-refractivity contribution is -0.382. The van der Waals surface area contributed by atoms with Gasteiger partial charge in [0, 0.05) is 33.6 Å². The van der Waals surface area contributed by atoms with Gasteiger partial charge in [-0.3, -0.25) is 4.98 Å². The summed E-state index contributed by atoms with van der Waals surface area (Å²) in [6.45, 7) is 0. The largest absolute Gasteiger partial charge is 0.460 e. The molecule has 2 aromatic heterocycles. The van der Waals surface area contributed by atoms with Gasteiger partial charge in [-0.25, -0.2) is 0 Å². The van der Waals surface area contributed by atoms with Crippen LogP contribution in [-0.2, 0) is 10.1 Å². The van der Waals surface area contributed by atoms with Crippen molar-refractivity contribution in [1.29, 1.82) is 0 Å². The van der Waals surface area contributed by atoms with Gasteiger partial charge in [0.1, 0.15) is 5.52 Å². The molecule has 0 aliphatic heterocycles. The predicted octanol–water partition coefficient (Wildman–Crippen LogP) is 9.13. The van der Waals surface area contributed by atoms with Crippen molar-refractivity contribution < 1.29 is 52.1 Å². The van der Waals surface area contributed by atoms with E-state index in [4.69, 9.17) is 0 Å². The van der Waals surface area contributed by atoms with Crippen LogP contribution in [0.3, 0.4) is 0 Å². The van der Waals surface area contributed by atoms with Crippen LogP contribution in [0.1, 0.15) is 0 Å². The number of para-hydroxylation sites is 2. The van der Waals surface area contributed by atoms with E-state index in [0.717, 1.165) is 28.0 Å². The predicted molar refractivity (Wildman–Crippen MR) is 152 cm³/mol. The maximum absolute atomic E-state index is 14.6. The lowest BCUT2D eigenvalue weighted by Gasteiger charge is -2.32. The smallest absolute Gasteiger partial charge is 0.375 e. The van der Waals surface area contributed by atoms with Crippen LogP contribution in [0.2, 0.25) is 0 Å². The van der Waals surface area contributed by atoms with Gasteiger partial charge in [-0.1, -0.05) is 60.7 Å². The van der Waals surface area contributed by atoms with Gasteiger partial charge in [-0.2, -0.15) is 47.9 Å². The monoisotopic (exact) mass is 668 g/mol. The molecule has 0 spiro atoms. The molecule has 2 heterocycles. The number of fused-ring (bicyclic) bond motifs is 4. The Balaban J connectivity index is 1.47. The second-order valence-corrected chi connectivity index (χ2v) is 11.7. The molecule has 0 atom stereocenters. The van der Waals surface area contributed by atoms with Crippen LogP contribution in [-0.4, -0.2) is 41.2 Å². The van der Waals surface area contributed by atoms with Crippen molar-refractivity contribution in [1.82, 2.24) is 9.55 Å². The molecular weight excluding hydrogens is 651 g/mol. The molecule has 0 N–H and O–H groups in total.